The summed E-state index contributed by atoms with van der Waals surface area (Å²) < 4.78 is 0. The fourth-order valence-corrected chi connectivity index (χ4v) is 1.09. The van der Waals surface area contributed by atoms with Crippen molar-refractivity contribution in [2.45, 2.75) is 38.8 Å². The van der Waals surface area contributed by atoms with Gasteiger partial charge in [-0.2, -0.15) is 0 Å². The lowest BCUT2D eigenvalue weighted by atomic mass is 9.99. The van der Waals surface area contributed by atoms with E-state index in [2.05, 4.69) is 38.0 Å². The summed E-state index contributed by atoms with van der Waals surface area (Å²) in [6.45, 7) is 7.70. The summed E-state index contributed by atoms with van der Waals surface area (Å²) in [4.78, 5) is 2.28. The van der Waals surface area contributed by atoms with Crippen molar-refractivity contribution >= 4 is 0 Å². The van der Waals surface area contributed by atoms with Crippen LogP contribution in [0.1, 0.15) is 27.2 Å². The standard InChI is InChI=1S/C10H24N2O/c1-6-10(2,3)12(5)7-9(8-13)11-4/h9,11,13H,6-8H2,1-5H3. The Morgan fingerprint density at radius 1 is 1.46 bits per heavy atom. The van der Waals surface area contributed by atoms with E-state index in [1.165, 1.54) is 0 Å². The molecule has 0 rings (SSSR count). The first-order valence-corrected chi connectivity index (χ1v) is 4.97. The monoisotopic (exact) mass is 188 g/mol. The molecule has 3 nitrogen and oxygen atoms in total. The molecule has 1 atom stereocenters. The second-order valence-corrected chi connectivity index (χ2v) is 4.21. The highest BCUT2D eigenvalue weighted by Gasteiger charge is 2.22. The molecule has 1 unspecified atom stereocenters. The highest BCUT2D eigenvalue weighted by Crippen LogP contribution is 2.16. The van der Waals surface area contributed by atoms with Gasteiger partial charge in [-0.05, 0) is 34.4 Å². The van der Waals surface area contributed by atoms with Crippen LogP contribution in [0, 0.1) is 0 Å². The van der Waals surface area contributed by atoms with Gasteiger partial charge >= 0.3 is 0 Å². The highest BCUT2D eigenvalue weighted by atomic mass is 16.3. The van der Waals surface area contributed by atoms with E-state index in [1.54, 1.807) is 0 Å². The lowest BCUT2D eigenvalue weighted by molar-refractivity contribution is 0.118. The molecule has 0 aromatic heterocycles. The van der Waals surface area contributed by atoms with Gasteiger partial charge in [0, 0.05) is 18.1 Å². The van der Waals surface area contributed by atoms with Crippen LogP contribution in [0.15, 0.2) is 0 Å². The molecule has 0 radical (unpaired) electrons. The van der Waals surface area contributed by atoms with Crippen molar-refractivity contribution in [3.8, 4) is 0 Å². The fraction of sp³-hybridized carbons (Fsp3) is 1.00. The van der Waals surface area contributed by atoms with Crippen LogP contribution in [0.3, 0.4) is 0 Å². The van der Waals surface area contributed by atoms with Gasteiger partial charge in [-0.25, -0.2) is 0 Å². The minimum Gasteiger partial charge on any atom is -0.395 e. The maximum atomic E-state index is 9.02. The van der Waals surface area contributed by atoms with Crippen molar-refractivity contribution in [2.75, 3.05) is 27.2 Å². The molecule has 0 bridgehead atoms. The van der Waals surface area contributed by atoms with Gasteiger partial charge in [-0.1, -0.05) is 6.92 Å². The predicted molar refractivity (Wildman–Crippen MR) is 56.9 cm³/mol. The average Bonchev–Trinajstić information content (AvgIpc) is 2.13. The van der Waals surface area contributed by atoms with Crippen molar-refractivity contribution in [1.29, 1.82) is 0 Å². The number of hydrogen-bond donors (Lipinski definition) is 2. The Bertz CT molecular complexity index is 133. The molecule has 3 heteroatoms. The van der Waals surface area contributed by atoms with Crippen LogP contribution in [0.5, 0.6) is 0 Å². The van der Waals surface area contributed by atoms with Crippen molar-refractivity contribution in [3.05, 3.63) is 0 Å². The zero-order valence-electron chi connectivity index (χ0n) is 9.59. The Balaban J connectivity index is 4.04. The molecule has 0 saturated carbocycles. The van der Waals surface area contributed by atoms with Gasteiger partial charge < -0.3 is 10.4 Å². The average molecular weight is 188 g/mol. The normalized spacial score (nSPS) is 15.0. The van der Waals surface area contributed by atoms with Gasteiger partial charge in [0.05, 0.1) is 6.61 Å². The molecule has 0 aliphatic carbocycles. The molecule has 0 amide bonds. The van der Waals surface area contributed by atoms with Gasteiger partial charge in [0.2, 0.25) is 0 Å². The molecular weight excluding hydrogens is 164 g/mol. The third kappa shape index (κ3) is 4.07. The third-order valence-corrected chi connectivity index (χ3v) is 3.02. The van der Waals surface area contributed by atoms with Crippen molar-refractivity contribution < 1.29 is 5.11 Å². The van der Waals surface area contributed by atoms with Crippen LogP contribution in [0.2, 0.25) is 0 Å². The molecule has 0 aliphatic heterocycles. The summed E-state index contributed by atoms with van der Waals surface area (Å²) >= 11 is 0. The quantitative estimate of drug-likeness (QED) is 0.643. The predicted octanol–water partition coefficient (Wildman–Crippen LogP) is 0.687. The molecule has 0 fully saturated rings. The smallest absolute Gasteiger partial charge is 0.0597 e. The Morgan fingerprint density at radius 3 is 2.31 bits per heavy atom. The van der Waals surface area contributed by atoms with Crippen LogP contribution < -0.4 is 5.32 Å². The summed E-state index contributed by atoms with van der Waals surface area (Å²) in [5.41, 5.74) is 0.213. The first kappa shape index (κ1) is 12.9. The molecule has 2 N–H and O–H groups in total. The van der Waals surface area contributed by atoms with E-state index in [9.17, 15) is 0 Å². The first-order valence-electron chi connectivity index (χ1n) is 4.97. The molecular formula is C10H24N2O. The topological polar surface area (TPSA) is 35.5 Å². The summed E-state index contributed by atoms with van der Waals surface area (Å²) in [5, 5.41) is 12.1. The Labute approximate surface area is 82.1 Å². The number of aliphatic hydroxyl groups is 1. The van der Waals surface area contributed by atoms with E-state index in [-0.39, 0.29) is 18.2 Å². The molecule has 0 spiro atoms. The van der Waals surface area contributed by atoms with Gasteiger partial charge in [-0.15, -0.1) is 0 Å². The van der Waals surface area contributed by atoms with Crippen LogP contribution in [-0.4, -0.2) is 48.8 Å². The molecule has 0 aliphatic rings. The largest absolute Gasteiger partial charge is 0.395 e. The molecule has 0 heterocycles. The third-order valence-electron chi connectivity index (χ3n) is 3.02. The minimum atomic E-state index is 0.177. The molecule has 0 aromatic rings. The number of aliphatic hydroxyl groups excluding tert-OH is 1. The number of hydrogen-bond acceptors (Lipinski definition) is 3. The number of likely N-dealkylation sites (N-methyl/N-ethyl adjacent to an activating group) is 2. The molecule has 13 heavy (non-hydrogen) atoms. The van der Waals surface area contributed by atoms with Crippen molar-refractivity contribution in [3.63, 3.8) is 0 Å². The van der Waals surface area contributed by atoms with E-state index in [4.69, 9.17) is 5.11 Å². The Hall–Kier alpha value is -0.120. The van der Waals surface area contributed by atoms with E-state index >= 15 is 0 Å². The molecule has 0 aromatic carbocycles. The van der Waals surface area contributed by atoms with Crippen molar-refractivity contribution in [1.82, 2.24) is 10.2 Å². The summed E-state index contributed by atoms with van der Waals surface area (Å²) in [7, 11) is 3.98. The minimum absolute atomic E-state index is 0.177. The van der Waals surface area contributed by atoms with E-state index in [0.717, 1.165) is 13.0 Å². The number of nitrogens with zero attached hydrogens (tertiary/aromatic N) is 1. The van der Waals surface area contributed by atoms with E-state index in [1.807, 2.05) is 7.05 Å². The Kier molecular flexibility index (Phi) is 5.53. The van der Waals surface area contributed by atoms with Gasteiger partial charge in [0.25, 0.3) is 0 Å². The second kappa shape index (κ2) is 5.58. The van der Waals surface area contributed by atoms with Crippen LogP contribution in [0.4, 0.5) is 0 Å². The van der Waals surface area contributed by atoms with Gasteiger partial charge in [0.1, 0.15) is 0 Å². The summed E-state index contributed by atoms with van der Waals surface area (Å²) in [6, 6.07) is 0.177. The zero-order chi connectivity index (χ0) is 10.5. The lowest BCUT2D eigenvalue weighted by Gasteiger charge is -2.36. The number of rotatable bonds is 6. The second-order valence-electron chi connectivity index (χ2n) is 4.21. The maximum absolute atomic E-state index is 9.02. The van der Waals surface area contributed by atoms with Crippen LogP contribution in [-0.2, 0) is 0 Å². The Morgan fingerprint density at radius 2 is 2.00 bits per heavy atom. The molecule has 0 saturated heterocycles. The fourth-order valence-electron chi connectivity index (χ4n) is 1.09. The lowest BCUT2D eigenvalue weighted by Crippen LogP contribution is -2.48. The zero-order valence-corrected chi connectivity index (χ0v) is 9.59. The highest BCUT2D eigenvalue weighted by molar-refractivity contribution is 4.80. The van der Waals surface area contributed by atoms with Gasteiger partial charge in [-0.3, -0.25) is 4.90 Å². The number of nitrogens with one attached hydrogen (secondary N) is 1. The van der Waals surface area contributed by atoms with E-state index < -0.39 is 0 Å². The van der Waals surface area contributed by atoms with Crippen molar-refractivity contribution in [2.24, 2.45) is 0 Å². The van der Waals surface area contributed by atoms with Crippen LogP contribution in [0.25, 0.3) is 0 Å². The summed E-state index contributed by atoms with van der Waals surface area (Å²) in [5.74, 6) is 0. The SMILES string of the molecule is CCC(C)(C)N(C)CC(CO)NC. The summed E-state index contributed by atoms with van der Waals surface area (Å²) in [6.07, 6.45) is 1.12. The maximum Gasteiger partial charge on any atom is 0.0597 e. The van der Waals surface area contributed by atoms with E-state index in [0.29, 0.717) is 0 Å². The van der Waals surface area contributed by atoms with Gasteiger partial charge in [0.15, 0.2) is 0 Å². The first-order chi connectivity index (χ1) is 5.97. The van der Waals surface area contributed by atoms with Crippen LogP contribution >= 0.6 is 0 Å². The molecule has 80 valence electrons.